The third-order valence-corrected chi connectivity index (χ3v) is 8.04. The number of piperidine rings is 1. The average Bonchev–Trinajstić information content (AvgIpc) is 3.49. The van der Waals surface area contributed by atoms with E-state index in [0.717, 1.165) is 19.4 Å². The zero-order chi connectivity index (χ0) is 30.1. The number of quaternary nitrogens is 1. The molecule has 0 bridgehead atoms. The summed E-state index contributed by atoms with van der Waals surface area (Å²) in [6, 6.07) is 6.30. The number of alkyl halides is 4. The number of hydrogen-bond acceptors (Lipinski definition) is 4. The van der Waals surface area contributed by atoms with E-state index in [1.807, 2.05) is 0 Å². The molecule has 4 heterocycles. The van der Waals surface area contributed by atoms with Gasteiger partial charge in [0.25, 0.3) is 11.5 Å². The molecule has 5 rings (SSSR count). The van der Waals surface area contributed by atoms with E-state index >= 15 is 0 Å². The van der Waals surface area contributed by atoms with Gasteiger partial charge in [0.1, 0.15) is 29.0 Å². The highest BCUT2D eigenvalue weighted by Crippen LogP contribution is 2.27. The summed E-state index contributed by atoms with van der Waals surface area (Å²) in [7, 11) is 0. The van der Waals surface area contributed by atoms with Gasteiger partial charge in [-0.1, -0.05) is 29.3 Å². The monoisotopic (exact) mass is 622 g/mol. The number of benzene rings is 1. The summed E-state index contributed by atoms with van der Waals surface area (Å²) < 4.78 is 61.3. The van der Waals surface area contributed by atoms with Crippen LogP contribution in [-0.4, -0.2) is 70.7 Å². The number of fused-ring (bicyclic) bond motifs is 1. The Morgan fingerprint density at radius 3 is 2.37 bits per heavy atom. The molecule has 2 fully saturated rings. The molecule has 2 atom stereocenters. The highest BCUT2D eigenvalue weighted by Gasteiger charge is 2.35. The van der Waals surface area contributed by atoms with Gasteiger partial charge in [-0.25, -0.2) is 8.78 Å². The van der Waals surface area contributed by atoms with Gasteiger partial charge < -0.3 is 24.7 Å². The number of nitrogens with one attached hydrogen (secondary N) is 2. The number of carboxylic acids is 1. The molecule has 2 aliphatic heterocycles. The molecule has 1 amide bonds. The quantitative estimate of drug-likeness (QED) is 0.436. The third kappa shape index (κ3) is 7.02. The number of aromatic amines is 1. The Kier molecular flexibility index (Phi) is 9.29. The summed E-state index contributed by atoms with van der Waals surface area (Å²) in [6.45, 7) is 2.45. The van der Waals surface area contributed by atoms with Crippen molar-refractivity contribution in [1.29, 1.82) is 0 Å². The Morgan fingerprint density at radius 2 is 1.78 bits per heavy atom. The van der Waals surface area contributed by atoms with Gasteiger partial charge in [0.2, 0.25) is 0 Å². The molecule has 41 heavy (non-hydrogen) atoms. The van der Waals surface area contributed by atoms with Crippen molar-refractivity contribution in [3.05, 3.63) is 73.6 Å². The number of aromatic nitrogens is 2. The number of carbonyl (C=O) groups is 2. The fourth-order valence-corrected chi connectivity index (χ4v) is 5.68. The van der Waals surface area contributed by atoms with Crippen LogP contribution >= 0.6 is 23.2 Å². The van der Waals surface area contributed by atoms with Gasteiger partial charge in [-0.05, 0) is 23.8 Å². The number of likely N-dealkylation sites (tertiary alicyclic amines) is 2. The number of rotatable bonds is 4. The maximum absolute atomic E-state index is 14.7. The van der Waals surface area contributed by atoms with E-state index in [1.165, 1.54) is 23.2 Å². The topological polar surface area (TPSA) is 102 Å². The second-order valence-corrected chi connectivity index (χ2v) is 10.7. The summed E-state index contributed by atoms with van der Waals surface area (Å²) in [4.78, 5) is 39.7. The predicted molar refractivity (Wildman–Crippen MR) is 137 cm³/mol. The largest absolute Gasteiger partial charge is 0.542 e. The molecule has 3 aromatic rings. The lowest BCUT2D eigenvalue weighted by atomic mass is 10.0. The highest BCUT2D eigenvalue weighted by molar-refractivity contribution is 6.42. The Balaban J connectivity index is 0.000000493. The number of halogens is 7. The van der Waals surface area contributed by atoms with Crippen LogP contribution < -0.4 is 15.6 Å². The van der Waals surface area contributed by atoms with Crippen molar-refractivity contribution in [2.75, 3.05) is 26.2 Å². The minimum atomic E-state index is -5.19. The van der Waals surface area contributed by atoms with Crippen molar-refractivity contribution >= 4 is 40.6 Å². The van der Waals surface area contributed by atoms with E-state index in [-0.39, 0.29) is 27.2 Å². The molecular weight excluding hydrogens is 598 g/mol. The third-order valence-electron chi connectivity index (χ3n) is 7.29. The lowest BCUT2D eigenvalue weighted by Crippen LogP contribution is -3.14. The van der Waals surface area contributed by atoms with Crippen LogP contribution in [0.4, 0.5) is 22.0 Å². The predicted octanol–water partition coefficient (Wildman–Crippen LogP) is 2.19. The Labute approximate surface area is 240 Å². The first kappa shape index (κ1) is 30.8. The molecule has 2 aliphatic rings. The molecule has 8 nitrogen and oxygen atoms in total. The van der Waals surface area contributed by atoms with Crippen LogP contribution in [0.5, 0.6) is 0 Å². The zero-order valence-corrected chi connectivity index (χ0v) is 22.9. The molecule has 0 aliphatic carbocycles. The van der Waals surface area contributed by atoms with E-state index in [4.69, 9.17) is 33.1 Å². The molecule has 2 aromatic heterocycles. The lowest BCUT2D eigenvalue weighted by Gasteiger charge is -2.34. The minimum Gasteiger partial charge on any atom is -0.542 e. The number of aliphatic carboxylic acids is 1. The summed E-state index contributed by atoms with van der Waals surface area (Å²) in [5, 5.41) is 9.27. The molecule has 0 spiro atoms. The summed E-state index contributed by atoms with van der Waals surface area (Å²) in [5.41, 5.74) is 1.36. The van der Waals surface area contributed by atoms with E-state index in [2.05, 4.69) is 4.98 Å². The van der Waals surface area contributed by atoms with Gasteiger partial charge in [-0.2, -0.15) is 13.2 Å². The van der Waals surface area contributed by atoms with Gasteiger partial charge in [-0.15, -0.1) is 0 Å². The number of H-pyrrole nitrogens is 1. The van der Waals surface area contributed by atoms with Crippen molar-refractivity contribution in [3.63, 3.8) is 0 Å². The molecule has 1 aromatic carbocycles. The zero-order valence-electron chi connectivity index (χ0n) is 21.4. The Morgan fingerprint density at radius 1 is 1.12 bits per heavy atom. The van der Waals surface area contributed by atoms with Crippen LogP contribution in [0.3, 0.4) is 0 Å². The fraction of sp³-hybridized carbons (Fsp3) is 0.423. The van der Waals surface area contributed by atoms with E-state index in [0.29, 0.717) is 55.3 Å². The fourth-order valence-electron chi connectivity index (χ4n) is 5.24. The van der Waals surface area contributed by atoms with Crippen molar-refractivity contribution in [3.8, 4) is 0 Å². The van der Waals surface area contributed by atoms with Crippen LogP contribution in [0.15, 0.2) is 35.3 Å². The van der Waals surface area contributed by atoms with Crippen molar-refractivity contribution < 1.29 is 41.5 Å². The number of hydrogen-bond donors (Lipinski definition) is 2. The lowest BCUT2D eigenvalue weighted by molar-refractivity contribution is -0.915. The van der Waals surface area contributed by atoms with E-state index < -0.39 is 24.1 Å². The van der Waals surface area contributed by atoms with E-state index in [9.17, 15) is 31.5 Å². The van der Waals surface area contributed by atoms with Gasteiger partial charge in [0.05, 0.1) is 23.2 Å². The first-order chi connectivity index (χ1) is 19.3. The van der Waals surface area contributed by atoms with Gasteiger partial charge in [-0.3, -0.25) is 14.0 Å². The molecule has 1 unspecified atom stereocenters. The molecule has 222 valence electrons. The first-order valence-corrected chi connectivity index (χ1v) is 13.4. The Hall–Kier alpha value is -3.16. The van der Waals surface area contributed by atoms with Crippen LogP contribution in [-0.2, 0) is 11.2 Å². The molecule has 0 radical (unpaired) electrons. The highest BCUT2D eigenvalue weighted by atomic mass is 35.5. The van der Waals surface area contributed by atoms with Gasteiger partial charge >= 0.3 is 6.18 Å². The van der Waals surface area contributed by atoms with Gasteiger partial charge in [0.15, 0.2) is 6.17 Å². The molecule has 0 saturated carbocycles. The van der Waals surface area contributed by atoms with Crippen molar-refractivity contribution in [2.24, 2.45) is 0 Å². The van der Waals surface area contributed by atoms with E-state index in [1.54, 1.807) is 21.4 Å². The van der Waals surface area contributed by atoms with Crippen LogP contribution in [0, 0.1) is 5.82 Å². The van der Waals surface area contributed by atoms with Crippen molar-refractivity contribution in [1.82, 2.24) is 14.3 Å². The number of nitrogens with zero attached hydrogens (tertiary/aromatic N) is 2. The van der Waals surface area contributed by atoms with Gasteiger partial charge in [0, 0.05) is 50.7 Å². The molecule has 2 saturated heterocycles. The number of carbonyl (C=O) groups excluding carboxylic acids is 2. The average molecular weight is 623 g/mol. The Bertz CT molecular complexity index is 1500. The molecule has 2 N–H and O–H groups in total. The summed E-state index contributed by atoms with van der Waals surface area (Å²) in [5.74, 6) is -3.92. The summed E-state index contributed by atoms with van der Waals surface area (Å²) >= 11 is 12.4. The minimum absolute atomic E-state index is 0.0191. The normalized spacial score (nSPS) is 19.7. The maximum Gasteiger partial charge on any atom is 0.430 e. The first-order valence-electron chi connectivity index (χ1n) is 12.7. The summed E-state index contributed by atoms with van der Waals surface area (Å²) in [6.07, 6.45) is -1.89. The second-order valence-electron chi connectivity index (χ2n) is 9.95. The SMILES string of the molecule is O=C([O-])C(F)(F)F.O=C(c1cc(Cc2c[nH]c(=O)c3cc(Cl)c(Cl)n23)ccc1F)N1CCC([NH+]2CC[C@H](F)C2)CC1. The maximum atomic E-state index is 14.7. The standard InChI is InChI=1S/C24H24Cl2F2N4O2.C2HF3O2/c25-19-11-21-23(33)29-12-17(32(21)22(19)26)9-14-1-2-20(28)18(10-14)24(34)30-7-4-16(5-8-30)31-6-3-15(27)13-31;3-2(4,5)1(6)7/h1-2,10-12,15-16H,3-9,13H2,(H,29,33);(H,6,7)/t15-;/m0./s1. The molecule has 15 heteroatoms. The number of carboxylic acid groups (broad SMARTS) is 1. The second kappa shape index (κ2) is 12.4. The smallest absolute Gasteiger partial charge is 0.430 e. The van der Waals surface area contributed by atoms with Crippen LogP contribution in [0.1, 0.15) is 40.9 Å². The van der Waals surface area contributed by atoms with Crippen LogP contribution in [0.25, 0.3) is 5.52 Å². The van der Waals surface area contributed by atoms with Crippen LogP contribution in [0.2, 0.25) is 10.2 Å². The van der Waals surface area contributed by atoms with Crippen molar-refractivity contribution in [2.45, 2.75) is 44.1 Å². The number of amides is 1. The molecular formula is C26H25Cl2F5N4O4.